The first-order valence-electron chi connectivity index (χ1n) is 7.08. The molecule has 3 rings (SSSR count). The summed E-state index contributed by atoms with van der Waals surface area (Å²) in [5, 5.41) is 1.14. The number of nitrogens with one attached hydrogen (secondary N) is 1. The molecule has 0 bridgehead atoms. The number of benzene rings is 1. The quantitative estimate of drug-likeness (QED) is 0.929. The lowest BCUT2D eigenvalue weighted by Gasteiger charge is -2.26. The number of hydrogen-bond acceptors (Lipinski definition) is 2. The molecule has 1 amide bonds. The zero-order valence-electron chi connectivity index (χ0n) is 12.0. The van der Waals surface area contributed by atoms with Crippen molar-refractivity contribution in [3.8, 4) is 0 Å². The Morgan fingerprint density at radius 2 is 1.90 bits per heavy atom. The number of nitrogens with zero attached hydrogens (tertiary/aromatic N) is 2. The fourth-order valence-electron chi connectivity index (χ4n) is 2.82. The SMILES string of the molecule is CN(C)[C](C(=O)N1CCCC1)c1cc2ccccc2[nH]1. The van der Waals surface area contributed by atoms with E-state index in [1.54, 1.807) is 0 Å². The van der Waals surface area contributed by atoms with Crippen LogP contribution in [0.2, 0.25) is 0 Å². The van der Waals surface area contributed by atoms with Gasteiger partial charge in [-0.25, -0.2) is 0 Å². The molecule has 1 fully saturated rings. The van der Waals surface area contributed by atoms with Crippen LogP contribution in [-0.2, 0) is 4.79 Å². The molecule has 1 aliphatic rings. The van der Waals surface area contributed by atoms with Crippen LogP contribution in [0, 0.1) is 6.04 Å². The van der Waals surface area contributed by atoms with Gasteiger partial charge in [-0.05, 0) is 44.5 Å². The van der Waals surface area contributed by atoms with Gasteiger partial charge in [0.05, 0.1) is 0 Å². The molecule has 1 aromatic carbocycles. The van der Waals surface area contributed by atoms with E-state index < -0.39 is 0 Å². The number of aromatic nitrogens is 1. The number of likely N-dealkylation sites (N-methyl/N-ethyl adjacent to an activating group) is 1. The number of carbonyl (C=O) groups excluding carboxylic acids is 1. The molecule has 0 atom stereocenters. The Kier molecular flexibility index (Phi) is 3.49. The van der Waals surface area contributed by atoms with Gasteiger partial charge in [-0.1, -0.05) is 18.2 Å². The van der Waals surface area contributed by atoms with E-state index in [0.717, 1.165) is 48.6 Å². The van der Waals surface area contributed by atoms with Gasteiger partial charge in [0.1, 0.15) is 0 Å². The van der Waals surface area contributed by atoms with E-state index in [4.69, 9.17) is 0 Å². The minimum atomic E-state index is 0.124. The van der Waals surface area contributed by atoms with Crippen LogP contribution in [-0.4, -0.2) is 47.9 Å². The van der Waals surface area contributed by atoms with E-state index in [0.29, 0.717) is 0 Å². The van der Waals surface area contributed by atoms with Crippen LogP contribution in [0.4, 0.5) is 0 Å². The summed E-state index contributed by atoms with van der Waals surface area (Å²) in [5.74, 6) is 0.124. The summed E-state index contributed by atoms with van der Waals surface area (Å²) in [5.41, 5.74) is 1.96. The summed E-state index contributed by atoms with van der Waals surface area (Å²) in [4.78, 5) is 19.9. The number of rotatable bonds is 3. The van der Waals surface area contributed by atoms with Crippen molar-refractivity contribution in [1.82, 2.24) is 14.8 Å². The van der Waals surface area contributed by atoms with Crippen molar-refractivity contribution in [2.75, 3.05) is 27.2 Å². The summed E-state index contributed by atoms with van der Waals surface area (Å²) < 4.78 is 0. The van der Waals surface area contributed by atoms with Crippen LogP contribution in [0.15, 0.2) is 30.3 Å². The number of aromatic amines is 1. The highest BCUT2D eigenvalue weighted by molar-refractivity contribution is 5.95. The fraction of sp³-hybridized carbons (Fsp3) is 0.375. The lowest BCUT2D eigenvalue weighted by Crippen LogP contribution is -2.39. The largest absolute Gasteiger partial charge is 0.356 e. The van der Waals surface area contributed by atoms with Gasteiger partial charge in [0.2, 0.25) is 0 Å². The van der Waals surface area contributed by atoms with Crippen molar-refractivity contribution < 1.29 is 4.79 Å². The van der Waals surface area contributed by atoms with E-state index in [1.807, 2.05) is 42.1 Å². The van der Waals surface area contributed by atoms with Gasteiger partial charge in [-0.15, -0.1) is 0 Å². The van der Waals surface area contributed by atoms with Gasteiger partial charge in [0.25, 0.3) is 5.91 Å². The Bertz CT molecular complexity index is 578. The normalized spacial score (nSPS) is 15.7. The summed E-state index contributed by atoms with van der Waals surface area (Å²) in [6.07, 6.45) is 2.22. The molecule has 1 aromatic heterocycles. The zero-order valence-corrected chi connectivity index (χ0v) is 12.0. The molecule has 2 heterocycles. The second-order valence-corrected chi connectivity index (χ2v) is 5.51. The molecule has 1 N–H and O–H groups in total. The maximum atomic E-state index is 12.7. The van der Waals surface area contributed by atoms with Crippen molar-refractivity contribution in [2.45, 2.75) is 12.8 Å². The lowest BCUT2D eigenvalue weighted by atomic mass is 10.1. The molecular weight excluding hydrogens is 250 g/mol. The molecule has 20 heavy (non-hydrogen) atoms. The van der Waals surface area contributed by atoms with Crippen LogP contribution >= 0.6 is 0 Å². The number of para-hydroxylation sites is 1. The van der Waals surface area contributed by atoms with E-state index >= 15 is 0 Å². The second kappa shape index (κ2) is 5.29. The van der Waals surface area contributed by atoms with E-state index in [-0.39, 0.29) is 5.91 Å². The third kappa shape index (κ3) is 2.31. The minimum Gasteiger partial charge on any atom is -0.356 e. The zero-order chi connectivity index (χ0) is 14.1. The predicted molar refractivity (Wildman–Crippen MR) is 80.1 cm³/mol. The van der Waals surface area contributed by atoms with Gasteiger partial charge in [-0.3, -0.25) is 9.69 Å². The van der Waals surface area contributed by atoms with Gasteiger partial charge in [0, 0.05) is 24.3 Å². The van der Waals surface area contributed by atoms with Gasteiger partial charge in [-0.2, -0.15) is 0 Å². The second-order valence-electron chi connectivity index (χ2n) is 5.51. The lowest BCUT2D eigenvalue weighted by molar-refractivity contribution is -0.129. The average molecular weight is 270 g/mol. The predicted octanol–water partition coefficient (Wildman–Crippen LogP) is 2.23. The van der Waals surface area contributed by atoms with Gasteiger partial charge >= 0.3 is 0 Å². The summed E-state index contributed by atoms with van der Waals surface area (Å²) in [6, 6.07) is 10.9. The van der Waals surface area contributed by atoms with Crippen LogP contribution in [0.1, 0.15) is 18.5 Å². The molecular formula is C16H20N3O. The smallest absolute Gasteiger partial charge is 0.252 e. The molecule has 1 saturated heterocycles. The van der Waals surface area contributed by atoms with Crippen molar-refractivity contribution >= 4 is 16.8 Å². The van der Waals surface area contributed by atoms with Crippen molar-refractivity contribution in [3.05, 3.63) is 42.1 Å². The Balaban J connectivity index is 1.95. The molecule has 0 unspecified atom stereocenters. The van der Waals surface area contributed by atoms with Crippen molar-refractivity contribution in [2.24, 2.45) is 0 Å². The highest BCUT2D eigenvalue weighted by atomic mass is 16.2. The first-order valence-corrected chi connectivity index (χ1v) is 7.08. The van der Waals surface area contributed by atoms with E-state index in [2.05, 4.69) is 17.1 Å². The standard InChI is InChI=1S/C16H20N3O/c1-18(2)15(16(20)19-9-5-6-10-19)14-11-12-7-3-4-8-13(12)17-14/h3-4,7-8,11,17H,5-6,9-10H2,1-2H3. The highest BCUT2D eigenvalue weighted by Gasteiger charge is 2.31. The topological polar surface area (TPSA) is 39.3 Å². The number of carbonyl (C=O) groups is 1. The summed E-state index contributed by atoms with van der Waals surface area (Å²) in [7, 11) is 3.85. The number of amides is 1. The van der Waals surface area contributed by atoms with Crippen molar-refractivity contribution in [1.29, 1.82) is 0 Å². The summed E-state index contributed by atoms with van der Waals surface area (Å²) >= 11 is 0. The van der Waals surface area contributed by atoms with Gasteiger partial charge in [0.15, 0.2) is 6.04 Å². The van der Waals surface area contributed by atoms with Crippen LogP contribution in [0.3, 0.4) is 0 Å². The van der Waals surface area contributed by atoms with E-state index in [1.165, 1.54) is 0 Å². The molecule has 1 aliphatic heterocycles. The molecule has 0 aliphatic carbocycles. The van der Waals surface area contributed by atoms with Gasteiger partial charge < -0.3 is 9.88 Å². The first-order chi connectivity index (χ1) is 9.66. The molecule has 4 nitrogen and oxygen atoms in total. The molecule has 1 radical (unpaired) electrons. The monoisotopic (exact) mass is 270 g/mol. The van der Waals surface area contributed by atoms with Crippen molar-refractivity contribution in [3.63, 3.8) is 0 Å². The molecule has 0 saturated carbocycles. The maximum Gasteiger partial charge on any atom is 0.252 e. The molecule has 2 aromatic rings. The Morgan fingerprint density at radius 1 is 1.20 bits per heavy atom. The number of fused-ring (bicyclic) bond motifs is 1. The Hall–Kier alpha value is -1.81. The Labute approximate surface area is 119 Å². The Morgan fingerprint density at radius 3 is 2.55 bits per heavy atom. The fourth-order valence-corrected chi connectivity index (χ4v) is 2.82. The third-order valence-corrected chi connectivity index (χ3v) is 3.83. The van der Waals surface area contributed by atoms with E-state index in [9.17, 15) is 4.79 Å². The van der Waals surface area contributed by atoms with Crippen LogP contribution in [0.5, 0.6) is 0 Å². The molecule has 0 spiro atoms. The molecule has 105 valence electrons. The first kappa shape index (κ1) is 13.2. The maximum absolute atomic E-state index is 12.7. The number of likely N-dealkylation sites (tertiary alicyclic amines) is 1. The summed E-state index contributed by atoms with van der Waals surface area (Å²) in [6.45, 7) is 1.74. The van der Waals surface area contributed by atoms with Crippen LogP contribution in [0.25, 0.3) is 10.9 Å². The number of hydrogen-bond donors (Lipinski definition) is 1. The minimum absolute atomic E-state index is 0.124. The highest BCUT2D eigenvalue weighted by Crippen LogP contribution is 2.25. The van der Waals surface area contributed by atoms with Crippen LogP contribution < -0.4 is 0 Å². The number of H-pyrrole nitrogens is 1. The molecule has 4 heteroatoms. The third-order valence-electron chi connectivity index (χ3n) is 3.83. The average Bonchev–Trinajstić information content (AvgIpc) is 3.07.